The summed E-state index contributed by atoms with van der Waals surface area (Å²) in [6, 6.07) is 6.66. The Labute approximate surface area is 132 Å². The molecular weight excluding hydrogens is 300 g/mol. The summed E-state index contributed by atoms with van der Waals surface area (Å²) in [5.74, 6) is -3.33. The van der Waals surface area contributed by atoms with Crippen LogP contribution in [0.5, 0.6) is 0 Å². The summed E-state index contributed by atoms with van der Waals surface area (Å²) in [5, 5.41) is 14.6. The second kappa shape index (κ2) is 5.85. The Morgan fingerprint density at radius 3 is 2.26 bits per heavy atom. The van der Waals surface area contributed by atoms with Gasteiger partial charge in [0, 0.05) is 18.3 Å². The number of aliphatic carboxylic acids is 1. The molecule has 0 aliphatic carbocycles. The van der Waals surface area contributed by atoms with Crippen molar-refractivity contribution in [1.82, 2.24) is 0 Å². The van der Waals surface area contributed by atoms with Gasteiger partial charge in [-0.1, -0.05) is 18.2 Å². The highest BCUT2D eigenvalue weighted by Gasteiger charge is 2.53. The summed E-state index contributed by atoms with van der Waals surface area (Å²) in [4.78, 5) is 34.9. The molecule has 0 aromatic heterocycles. The van der Waals surface area contributed by atoms with Crippen LogP contribution in [0.15, 0.2) is 36.4 Å². The molecule has 2 aliphatic rings. The fourth-order valence-corrected chi connectivity index (χ4v) is 3.02. The molecule has 0 unspecified atom stereocenters. The third kappa shape index (κ3) is 2.95. The summed E-state index contributed by atoms with van der Waals surface area (Å²) in [6.45, 7) is 1.39. The lowest BCUT2D eigenvalue weighted by atomic mass is 9.82. The minimum Gasteiger partial charge on any atom is -0.481 e. The van der Waals surface area contributed by atoms with Crippen LogP contribution in [0, 0.1) is 11.8 Å². The number of fused-ring (bicyclic) bond motifs is 2. The van der Waals surface area contributed by atoms with Gasteiger partial charge >= 0.3 is 5.97 Å². The smallest absolute Gasteiger partial charge is 0.310 e. The van der Waals surface area contributed by atoms with Gasteiger partial charge in [0.2, 0.25) is 11.8 Å². The molecule has 3 rings (SSSR count). The van der Waals surface area contributed by atoms with Gasteiger partial charge in [-0.15, -0.1) is 0 Å². The van der Waals surface area contributed by atoms with E-state index in [-0.39, 0.29) is 5.91 Å². The van der Waals surface area contributed by atoms with E-state index in [1.54, 1.807) is 36.4 Å². The average Bonchev–Trinajstić information content (AvgIpc) is 3.07. The van der Waals surface area contributed by atoms with Crippen LogP contribution < -0.4 is 10.6 Å². The van der Waals surface area contributed by atoms with E-state index in [9.17, 15) is 19.5 Å². The molecule has 1 aromatic carbocycles. The van der Waals surface area contributed by atoms with Crippen LogP contribution in [-0.2, 0) is 19.1 Å². The highest BCUT2D eigenvalue weighted by Crippen LogP contribution is 2.39. The van der Waals surface area contributed by atoms with Crippen LogP contribution >= 0.6 is 0 Å². The molecule has 2 heterocycles. The summed E-state index contributed by atoms with van der Waals surface area (Å²) >= 11 is 0. The fraction of sp³-hybridized carbons (Fsp3) is 0.312. The standard InChI is InChI=1S/C16H16N2O5/c1-8(19)17-9-3-2-4-10(7-9)18-15(20)13-11-5-6-12(23-11)14(13)16(21)22/h2-7,11-14H,1H3,(H,17,19)(H,18,20)(H,21,22)/t11-,12-,13-,14-/m1/s1. The van der Waals surface area contributed by atoms with E-state index < -0.39 is 35.9 Å². The van der Waals surface area contributed by atoms with Crippen molar-refractivity contribution in [2.75, 3.05) is 10.6 Å². The van der Waals surface area contributed by atoms with E-state index >= 15 is 0 Å². The quantitative estimate of drug-likeness (QED) is 0.725. The Balaban J connectivity index is 1.75. The summed E-state index contributed by atoms with van der Waals surface area (Å²) in [5.41, 5.74) is 1.03. The van der Waals surface area contributed by atoms with Crippen LogP contribution in [0.1, 0.15) is 6.92 Å². The molecule has 7 heteroatoms. The zero-order chi connectivity index (χ0) is 16.6. The summed E-state index contributed by atoms with van der Waals surface area (Å²) in [6.07, 6.45) is 2.34. The van der Waals surface area contributed by atoms with Gasteiger partial charge in [0.1, 0.15) is 5.92 Å². The second-order valence-electron chi connectivity index (χ2n) is 5.59. The molecule has 2 amide bonds. The number of carbonyl (C=O) groups excluding carboxylic acids is 2. The molecule has 120 valence electrons. The highest BCUT2D eigenvalue weighted by molar-refractivity contribution is 5.97. The van der Waals surface area contributed by atoms with Crippen molar-refractivity contribution in [2.45, 2.75) is 19.1 Å². The third-order valence-corrected chi connectivity index (χ3v) is 3.94. The first-order valence-corrected chi connectivity index (χ1v) is 7.21. The van der Waals surface area contributed by atoms with Crippen molar-refractivity contribution in [3.63, 3.8) is 0 Å². The van der Waals surface area contributed by atoms with Crippen LogP contribution in [0.25, 0.3) is 0 Å². The normalized spacial score (nSPS) is 27.7. The zero-order valence-electron chi connectivity index (χ0n) is 12.4. The number of nitrogens with one attached hydrogen (secondary N) is 2. The number of carboxylic acids is 1. The SMILES string of the molecule is CC(=O)Nc1cccc(NC(=O)[C@H]2[C@H](C(=O)O)[C@H]3C=C[C@H]2O3)c1. The van der Waals surface area contributed by atoms with Crippen LogP contribution in [-0.4, -0.2) is 35.1 Å². The van der Waals surface area contributed by atoms with Crippen molar-refractivity contribution in [2.24, 2.45) is 11.8 Å². The van der Waals surface area contributed by atoms with E-state index in [1.165, 1.54) is 6.92 Å². The van der Waals surface area contributed by atoms with Gasteiger partial charge in [0.25, 0.3) is 0 Å². The van der Waals surface area contributed by atoms with Gasteiger partial charge in [0.15, 0.2) is 0 Å². The maximum absolute atomic E-state index is 12.5. The Hall–Kier alpha value is -2.67. The van der Waals surface area contributed by atoms with Gasteiger partial charge in [0.05, 0.1) is 18.1 Å². The molecule has 23 heavy (non-hydrogen) atoms. The van der Waals surface area contributed by atoms with Crippen molar-refractivity contribution < 1.29 is 24.2 Å². The minimum absolute atomic E-state index is 0.217. The largest absolute Gasteiger partial charge is 0.481 e. The number of hydrogen-bond acceptors (Lipinski definition) is 4. The fourth-order valence-electron chi connectivity index (χ4n) is 3.02. The first kappa shape index (κ1) is 15.2. The van der Waals surface area contributed by atoms with Gasteiger partial charge in [-0.3, -0.25) is 14.4 Å². The molecule has 3 N–H and O–H groups in total. The Bertz CT molecular complexity index is 699. The minimum atomic E-state index is -1.05. The van der Waals surface area contributed by atoms with Crippen molar-refractivity contribution in [1.29, 1.82) is 0 Å². The number of rotatable bonds is 4. The van der Waals surface area contributed by atoms with E-state index in [2.05, 4.69) is 10.6 Å². The number of benzene rings is 1. The zero-order valence-corrected chi connectivity index (χ0v) is 12.4. The molecule has 2 bridgehead atoms. The van der Waals surface area contributed by atoms with E-state index in [4.69, 9.17) is 4.74 Å². The molecule has 1 fully saturated rings. The lowest BCUT2D eigenvalue weighted by Gasteiger charge is -2.21. The first-order valence-electron chi connectivity index (χ1n) is 7.21. The molecule has 0 spiro atoms. The number of amides is 2. The van der Waals surface area contributed by atoms with E-state index in [0.29, 0.717) is 11.4 Å². The molecule has 7 nitrogen and oxygen atoms in total. The van der Waals surface area contributed by atoms with Crippen LogP contribution in [0.4, 0.5) is 11.4 Å². The second-order valence-corrected chi connectivity index (χ2v) is 5.59. The molecule has 0 saturated carbocycles. The van der Waals surface area contributed by atoms with Crippen molar-refractivity contribution >= 4 is 29.2 Å². The molecular formula is C16H16N2O5. The number of carbonyl (C=O) groups is 3. The number of ether oxygens (including phenoxy) is 1. The van der Waals surface area contributed by atoms with E-state index in [1.807, 2.05) is 0 Å². The lowest BCUT2D eigenvalue weighted by molar-refractivity contribution is -0.145. The van der Waals surface area contributed by atoms with Crippen LogP contribution in [0.2, 0.25) is 0 Å². The van der Waals surface area contributed by atoms with Gasteiger partial charge in [-0.25, -0.2) is 0 Å². The maximum Gasteiger partial charge on any atom is 0.310 e. The van der Waals surface area contributed by atoms with Crippen molar-refractivity contribution in [3.05, 3.63) is 36.4 Å². The molecule has 4 atom stereocenters. The molecule has 0 radical (unpaired) electrons. The lowest BCUT2D eigenvalue weighted by Crippen LogP contribution is -2.39. The number of anilines is 2. The number of hydrogen-bond donors (Lipinski definition) is 3. The first-order chi connectivity index (χ1) is 11.0. The molecule has 1 saturated heterocycles. The summed E-state index contributed by atoms with van der Waals surface area (Å²) in [7, 11) is 0. The van der Waals surface area contributed by atoms with Crippen LogP contribution in [0.3, 0.4) is 0 Å². The van der Waals surface area contributed by atoms with Crippen molar-refractivity contribution in [3.8, 4) is 0 Å². The Morgan fingerprint density at radius 1 is 1.04 bits per heavy atom. The van der Waals surface area contributed by atoms with Gasteiger partial charge in [-0.05, 0) is 18.2 Å². The van der Waals surface area contributed by atoms with Gasteiger partial charge in [-0.2, -0.15) is 0 Å². The monoisotopic (exact) mass is 316 g/mol. The third-order valence-electron chi connectivity index (χ3n) is 3.94. The topological polar surface area (TPSA) is 105 Å². The maximum atomic E-state index is 12.5. The Morgan fingerprint density at radius 2 is 1.65 bits per heavy atom. The predicted molar refractivity (Wildman–Crippen MR) is 81.8 cm³/mol. The Kier molecular flexibility index (Phi) is 3.87. The molecule has 2 aliphatic heterocycles. The van der Waals surface area contributed by atoms with Gasteiger partial charge < -0.3 is 20.5 Å². The predicted octanol–water partition coefficient (Wildman–Crippen LogP) is 1.24. The highest BCUT2D eigenvalue weighted by atomic mass is 16.5. The van der Waals surface area contributed by atoms with E-state index in [0.717, 1.165) is 0 Å². The number of carboxylic acid groups (broad SMARTS) is 1. The summed E-state index contributed by atoms with van der Waals surface area (Å²) < 4.78 is 5.48. The average molecular weight is 316 g/mol. The molecule has 1 aromatic rings.